The molecule has 1 aliphatic heterocycles. The Bertz CT molecular complexity index is 311. The minimum atomic E-state index is 0.379. The highest BCUT2D eigenvalue weighted by molar-refractivity contribution is 5.01. The van der Waals surface area contributed by atoms with Gasteiger partial charge in [-0.25, -0.2) is 4.98 Å². The molecule has 0 aliphatic carbocycles. The van der Waals surface area contributed by atoms with E-state index in [1.54, 1.807) is 6.26 Å². The molecule has 1 aromatic rings. The van der Waals surface area contributed by atoms with Gasteiger partial charge in [-0.3, -0.25) is 4.90 Å². The number of aromatic nitrogens is 1. The summed E-state index contributed by atoms with van der Waals surface area (Å²) in [5.74, 6) is 0.877. The molecular weight excluding hydrogens is 190 g/mol. The molecule has 0 aromatic carbocycles. The Morgan fingerprint density at radius 1 is 1.60 bits per heavy atom. The standard InChI is InChI=1S/C11H19N3O/c1-12-7-9-8-15-11(13-9)10-5-3-4-6-14(10)2/h8,10,12H,3-7H2,1-2H3. The predicted molar refractivity (Wildman–Crippen MR) is 58.5 cm³/mol. The summed E-state index contributed by atoms with van der Waals surface area (Å²) in [6.45, 7) is 1.92. The first kappa shape index (κ1) is 10.6. The normalized spacial score (nSPS) is 23.2. The zero-order chi connectivity index (χ0) is 10.7. The van der Waals surface area contributed by atoms with E-state index < -0.39 is 0 Å². The van der Waals surface area contributed by atoms with Crippen LogP contribution in [0.1, 0.15) is 36.9 Å². The highest BCUT2D eigenvalue weighted by Gasteiger charge is 2.24. The number of oxazole rings is 1. The number of nitrogens with zero attached hydrogens (tertiary/aromatic N) is 2. The summed E-state index contributed by atoms with van der Waals surface area (Å²) in [5, 5.41) is 3.08. The maximum Gasteiger partial charge on any atom is 0.211 e. The van der Waals surface area contributed by atoms with Crippen molar-refractivity contribution in [2.75, 3.05) is 20.6 Å². The summed E-state index contributed by atoms with van der Waals surface area (Å²) in [4.78, 5) is 6.84. The molecule has 0 amide bonds. The van der Waals surface area contributed by atoms with Crippen molar-refractivity contribution >= 4 is 0 Å². The van der Waals surface area contributed by atoms with E-state index in [0.29, 0.717) is 6.04 Å². The first-order chi connectivity index (χ1) is 7.31. The Kier molecular flexibility index (Phi) is 3.38. The fraction of sp³-hybridized carbons (Fsp3) is 0.727. The third-order valence-electron chi connectivity index (χ3n) is 2.98. The average Bonchev–Trinajstić information content (AvgIpc) is 2.68. The van der Waals surface area contributed by atoms with Crippen LogP contribution in [0.25, 0.3) is 0 Å². The van der Waals surface area contributed by atoms with E-state index in [1.807, 2.05) is 7.05 Å². The summed E-state index contributed by atoms with van der Waals surface area (Å²) < 4.78 is 5.53. The molecule has 84 valence electrons. The molecule has 1 unspecified atom stereocenters. The van der Waals surface area contributed by atoms with Crippen LogP contribution < -0.4 is 5.32 Å². The molecule has 2 heterocycles. The number of nitrogens with one attached hydrogen (secondary N) is 1. The highest BCUT2D eigenvalue weighted by Crippen LogP contribution is 2.28. The molecule has 1 N–H and O–H groups in total. The van der Waals surface area contributed by atoms with Crippen LogP contribution >= 0.6 is 0 Å². The van der Waals surface area contributed by atoms with Gasteiger partial charge in [0.25, 0.3) is 0 Å². The van der Waals surface area contributed by atoms with Crippen LogP contribution in [0.3, 0.4) is 0 Å². The van der Waals surface area contributed by atoms with Crippen LogP contribution in [0.2, 0.25) is 0 Å². The highest BCUT2D eigenvalue weighted by atomic mass is 16.3. The zero-order valence-electron chi connectivity index (χ0n) is 9.49. The molecule has 1 saturated heterocycles. The van der Waals surface area contributed by atoms with Gasteiger partial charge < -0.3 is 9.73 Å². The molecule has 0 radical (unpaired) electrons. The maximum absolute atomic E-state index is 5.53. The topological polar surface area (TPSA) is 41.3 Å². The van der Waals surface area contributed by atoms with Gasteiger partial charge in [-0.05, 0) is 33.5 Å². The molecule has 1 atom stereocenters. The quantitative estimate of drug-likeness (QED) is 0.820. The van der Waals surface area contributed by atoms with Crippen molar-refractivity contribution in [2.45, 2.75) is 31.8 Å². The summed E-state index contributed by atoms with van der Waals surface area (Å²) in [6.07, 6.45) is 5.49. The van der Waals surface area contributed by atoms with E-state index in [2.05, 4.69) is 22.2 Å². The first-order valence-corrected chi connectivity index (χ1v) is 5.60. The fourth-order valence-electron chi connectivity index (χ4n) is 2.13. The first-order valence-electron chi connectivity index (χ1n) is 5.60. The van der Waals surface area contributed by atoms with Gasteiger partial charge in [-0.15, -0.1) is 0 Å². The minimum absolute atomic E-state index is 0.379. The Morgan fingerprint density at radius 3 is 3.20 bits per heavy atom. The lowest BCUT2D eigenvalue weighted by atomic mass is 10.0. The van der Waals surface area contributed by atoms with Crippen molar-refractivity contribution in [1.29, 1.82) is 0 Å². The van der Waals surface area contributed by atoms with Crippen molar-refractivity contribution in [3.63, 3.8) is 0 Å². The van der Waals surface area contributed by atoms with Gasteiger partial charge >= 0.3 is 0 Å². The average molecular weight is 209 g/mol. The fourth-order valence-corrected chi connectivity index (χ4v) is 2.13. The largest absolute Gasteiger partial charge is 0.447 e. The van der Waals surface area contributed by atoms with Crippen molar-refractivity contribution in [2.24, 2.45) is 0 Å². The van der Waals surface area contributed by atoms with Gasteiger partial charge in [-0.2, -0.15) is 0 Å². The molecule has 1 fully saturated rings. The van der Waals surface area contributed by atoms with Gasteiger partial charge in [0.05, 0.1) is 11.7 Å². The van der Waals surface area contributed by atoms with E-state index in [4.69, 9.17) is 4.42 Å². The van der Waals surface area contributed by atoms with Gasteiger partial charge in [0.15, 0.2) is 0 Å². The van der Waals surface area contributed by atoms with Crippen LogP contribution in [-0.2, 0) is 6.54 Å². The molecule has 1 aliphatic rings. The molecule has 0 saturated carbocycles. The third kappa shape index (κ3) is 2.38. The lowest BCUT2D eigenvalue weighted by Gasteiger charge is -2.29. The molecule has 4 nitrogen and oxygen atoms in total. The van der Waals surface area contributed by atoms with Crippen molar-refractivity contribution < 1.29 is 4.42 Å². The zero-order valence-corrected chi connectivity index (χ0v) is 9.49. The molecule has 2 rings (SSSR count). The number of hydrogen-bond acceptors (Lipinski definition) is 4. The Hall–Kier alpha value is -0.870. The van der Waals surface area contributed by atoms with Gasteiger partial charge in [0, 0.05) is 6.54 Å². The van der Waals surface area contributed by atoms with Crippen LogP contribution in [0.5, 0.6) is 0 Å². The Morgan fingerprint density at radius 2 is 2.47 bits per heavy atom. The van der Waals surface area contributed by atoms with E-state index in [9.17, 15) is 0 Å². The number of hydrogen-bond donors (Lipinski definition) is 1. The molecule has 4 heteroatoms. The van der Waals surface area contributed by atoms with Crippen molar-refractivity contribution in [1.82, 2.24) is 15.2 Å². The Labute approximate surface area is 90.7 Å². The second-order valence-electron chi connectivity index (χ2n) is 4.20. The van der Waals surface area contributed by atoms with E-state index in [0.717, 1.165) is 31.1 Å². The van der Waals surface area contributed by atoms with Gasteiger partial charge in [0.2, 0.25) is 5.89 Å². The van der Waals surface area contributed by atoms with Crippen LogP contribution in [0.4, 0.5) is 0 Å². The number of rotatable bonds is 3. The lowest BCUT2D eigenvalue weighted by molar-refractivity contribution is 0.159. The molecular formula is C11H19N3O. The smallest absolute Gasteiger partial charge is 0.211 e. The monoisotopic (exact) mass is 209 g/mol. The molecule has 1 aromatic heterocycles. The van der Waals surface area contributed by atoms with Crippen LogP contribution in [0.15, 0.2) is 10.7 Å². The lowest BCUT2D eigenvalue weighted by Crippen LogP contribution is -2.29. The second-order valence-corrected chi connectivity index (χ2v) is 4.20. The summed E-state index contributed by atoms with van der Waals surface area (Å²) in [5.41, 5.74) is 0.992. The summed E-state index contributed by atoms with van der Waals surface area (Å²) in [7, 11) is 4.06. The summed E-state index contributed by atoms with van der Waals surface area (Å²) in [6, 6.07) is 0.379. The third-order valence-corrected chi connectivity index (χ3v) is 2.98. The minimum Gasteiger partial charge on any atom is -0.447 e. The second kappa shape index (κ2) is 4.77. The van der Waals surface area contributed by atoms with Crippen molar-refractivity contribution in [3.05, 3.63) is 17.8 Å². The molecule has 15 heavy (non-hydrogen) atoms. The number of likely N-dealkylation sites (tertiary alicyclic amines) is 1. The van der Waals surface area contributed by atoms with Crippen molar-refractivity contribution in [3.8, 4) is 0 Å². The van der Waals surface area contributed by atoms with Crippen LogP contribution in [0, 0.1) is 0 Å². The Balaban J connectivity index is 2.06. The van der Waals surface area contributed by atoms with E-state index >= 15 is 0 Å². The van der Waals surface area contributed by atoms with E-state index in [-0.39, 0.29) is 0 Å². The van der Waals surface area contributed by atoms with E-state index in [1.165, 1.54) is 12.8 Å². The number of piperidine rings is 1. The predicted octanol–water partition coefficient (Wildman–Crippen LogP) is 1.55. The van der Waals surface area contributed by atoms with Crippen LogP contribution in [-0.4, -0.2) is 30.5 Å². The maximum atomic E-state index is 5.53. The summed E-state index contributed by atoms with van der Waals surface area (Å²) >= 11 is 0. The molecule has 0 spiro atoms. The molecule has 0 bridgehead atoms. The SMILES string of the molecule is CNCc1coc(C2CCCCN2C)n1. The van der Waals surface area contributed by atoms with Gasteiger partial charge in [-0.1, -0.05) is 6.42 Å². The van der Waals surface area contributed by atoms with Gasteiger partial charge in [0.1, 0.15) is 6.26 Å².